The van der Waals surface area contributed by atoms with Crippen molar-refractivity contribution in [2.75, 3.05) is 0 Å². The molecule has 0 radical (unpaired) electrons. The van der Waals surface area contributed by atoms with Crippen molar-refractivity contribution in [2.24, 2.45) is 0 Å². The van der Waals surface area contributed by atoms with Gasteiger partial charge in [0.15, 0.2) is 0 Å². The second kappa shape index (κ2) is 15.3. The summed E-state index contributed by atoms with van der Waals surface area (Å²) >= 11 is 0. The molecule has 28 heavy (non-hydrogen) atoms. The molecule has 0 amide bonds. The van der Waals surface area contributed by atoms with E-state index in [2.05, 4.69) is 48.5 Å². The first-order valence-corrected chi connectivity index (χ1v) is 6.69. The normalized spacial score (nSPS) is 10.6. The fourth-order valence-corrected chi connectivity index (χ4v) is 1.26. The average molecular weight is 455 g/mol. The minimum atomic E-state index is -6.00. The molecular weight excluding hydrogens is 444 g/mol. The molecule has 0 spiro atoms. The van der Waals surface area contributed by atoms with Gasteiger partial charge in [0.25, 0.3) is 0 Å². The minimum Gasteiger partial charge on any atom is -1.00 e. The zero-order valence-corrected chi connectivity index (χ0v) is 17.2. The Balaban J connectivity index is -0.000000158. The van der Waals surface area contributed by atoms with E-state index in [4.69, 9.17) is 0 Å². The van der Waals surface area contributed by atoms with Gasteiger partial charge in [0.05, 0.1) is 0 Å². The van der Waals surface area contributed by atoms with E-state index >= 15 is 0 Å². The van der Waals surface area contributed by atoms with Crippen LogP contribution in [0.3, 0.4) is 0 Å². The molecule has 0 atom stereocenters. The van der Waals surface area contributed by atoms with E-state index in [-0.39, 0.29) is 52.8 Å². The molecular formula is C12H11B3F12K-3. The van der Waals surface area contributed by atoms with Crippen molar-refractivity contribution in [3.05, 3.63) is 60.7 Å². The molecule has 0 unspecified atom stereocenters. The number of halogens is 12. The molecule has 0 heterocycles. The Bertz CT molecular complexity index is 523. The van der Waals surface area contributed by atoms with E-state index in [9.17, 15) is 51.8 Å². The molecule has 0 N–H and O–H groups in total. The van der Waals surface area contributed by atoms with Crippen LogP contribution < -0.4 is 51.4 Å². The maximum absolute atomic E-state index is 9.75. The molecule has 0 saturated heterocycles. The van der Waals surface area contributed by atoms with Gasteiger partial charge in [-0.1, -0.05) is 60.7 Å². The predicted molar refractivity (Wildman–Crippen MR) is 83.5 cm³/mol. The summed E-state index contributed by atoms with van der Waals surface area (Å²) in [5.41, 5.74) is 2.55. The first kappa shape index (κ1) is 32.1. The molecule has 0 aromatic heterocycles. The average Bonchev–Trinajstić information content (AvgIpc) is 2.44. The van der Waals surface area contributed by atoms with Crippen molar-refractivity contribution >= 4 is 21.8 Å². The van der Waals surface area contributed by atoms with Gasteiger partial charge in [0, 0.05) is 0 Å². The molecule has 0 saturated carbocycles. The predicted octanol–water partition coefficient (Wildman–Crippen LogP) is 4.37. The van der Waals surface area contributed by atoms with E-state index in [1.54, 1.807) is 0 Å². The van der Waals surface area contributed by atoms with Crippen molar-refractivity contribution < 1.29 is 105 Å². The summed E-state index contributed by atoms with van der Waals surface area (Å²) in [5.74, 6) is 0. The van der Waals surface area contributed by atoms with Crippen molar-refractivity contribution in [1.82, 2.24) is 0 Å². The van der Waals surface area contributed by atoms with E-state index in [0.29, 0.717) is 0 Å². The smallest absolute Gasteiger partial charge is 1.00 e. The molecule has 0 aliphatic heterocycles. The SMILES string of the molecule is F[B-](F)(F)F.F[B-](F)(F)F.F[B-](F)(F)F.[H-].[K+].c1ccc(-c2ccccc2)cc1. The third-order valence-corrected chi connectivity index (χ3v) is 1.88. The summed E-state index contributed by atoms with van der Waals surface area (Å²) in [6.07, 6.45) is 0. The van der Waals surface area contributed by atoms with Gasteiger partial charge >= 0.3 is 73.1 Å². The maximum Gasteiger partial charge on any atom is 1.00 e. The molecule has 0 bridgehead atoms. The van der Waals surface area contributed by atoms with Crippen LogP contribution in [0.25, 0.3) is 11.1 Å². The van der Waals surface area contributed by atoms with Crippen LogP contribution in [0.4, 0.5) is 51.8 Å². The van der Waals surface area contributed by atoms with Crippen LogP contribution in [0, 0.1) is 0 Å². The number of rotatable bonds is 1. The molecule has 0 nitrogen and oxygen atoms in total. The summed E-state index contributed by atoms with van der Waals surface area (Å²) in [6, 6.07) is 20.8. The fraction of sp³-hybridized carbons (Fsp3) is 0. The standard InChI is InChI=1S/C12H10.3BF4.K.H/c1-3-7-11(8-4-1)12-9-5-2-6-10-12;3*2-1(3,4)5;;/h1-10H;;;;;/q;3*-1;+1;-1. The second-order valence-electron chi connectivity index (χ2n) is 4.22. The number of hydrogen-bond donors (Lipinski definition) is 0. The third-order valence-electron chi connectivity index (χ3n) is 1.88. The number of hydrogen-bond acceptors (Lipinski definition) is 0. The van der Waals surface area contributed by atoms with Crippen molar-refractivity contribution in [2.45, 2.75) is 0 Å². The molecule has 2 aromatic carbocycles. The Morgan fingerprint density at radius 2 is 0.536 bits per heavy atom. The zero-order valence-electron chi connectivity index (χ0n) is 15.0. The Morgan fingerprint density at radius 3 is 0.679 bits per heavy atom. The summed E-state index contributed by atoms with van der Waals surface area (Å²) < 4.78 is 117. The van der Waals surface area contributed by atoms with Gasteiger partial charge in [-0.3, -0.25) is 0 Å². The van der Waals surface area contributed by atoms with Crippen LogP contribution in [-0.4, -0.2) is 21.8 Å². The Morgan fingerprint density at radius 1 is 0.393 bits per heavy atom. The van der Waals surface area contributed by atoms with Gasteiger partial charge in [0.2, 0.25) is 0 Å². The molecule has 156 valence electrons. The van der Waals surface area contributed by atoms with Crippen molar-refractivity contribution in [3.63, 3.8) is 0 Å². The van der Waals surface area contributed by atoms with Crippen LogP contribution in [0.15, 0.2) is 60.7 Å². The van der Waals surface area contributed by atoms with Gasteiger partial charge in [-0.05, 0) is 11.1 Å². The maximum atomic E-state index is 9.75. The molecule has 2 aromatic rings. The molecule has 2 rings (SSSR count). The zero-order chi connectivity index (χ0) is 21.7. The van der Waals surface area contributed by atoms with E-state index in [0.717, 1.165) is 0 Å². The largest absolute Gasteiger partial charge is 1.00 e. The van der Waals surface area contributed by atoms with Crippen LogP contribution in [0.2, 0.25) is 0 Å². The molecule has 0 aliphatic rings. The van der Waals surface area contributed by atoms with Gasteiger partial charge in [-0.2, -0.15) is 0 Å². The van der Waals surface area contributed by atoms with Gasteiger partial charge in [0.1, 0.15) is 0 Å². The summed E-state index contributed by atoms with van der Waals surface area (Å²) in [4.78, 5) is 0. The fourth-order valence-electron chi connectivity index (χ4n) is 1.26. The Kier molecular flexibility index (Phi) is 17.5. The molecule has 0 fully saturated rings. The quantitative estimate of drug-likeness (QED) is 0.443. The van der Waals surface area contributed by atoms with E-state index < -0.39 is 21.8 Å². The second-order valence-corrected chi connectivity index (χ2v) is 4.22. The van der Waals surface area contributed by atoms with Crippen LogP contribution in [0.5, 0.6) is 0 Å². The van der Waals surface area contributed by atoms with Gasteiger partial charge < -0.3 is 53.2 Å². The summed E-state index contributed by atoms with van der Waals surface area (Å²) in [7, 11) is -18.0. The summed E-state index contributed by atoms with van der Waals surface area (Å²) in [5, 5.41) is 0. The Hall–Kier alpha value is -0.569. The van der Waals surface area contributed by atoms with Gasteiger partial charge in [-0.25, -0.2) is 0 Å². The van der Waals surface area contributed by atoms with Crippen molar-refractivity contribution in [3.8, 4) is 11.1 Å². The first-order chi connectivity index (χ1) is 12.0. The summed E-state index contributed by atoms with van der Waals surface area (Å²) in [6.45, 7) is 0. The molecule has 16 heteroatoms. The van der Waals surface area contributed by atoms with E-state index in [1.807, 2.05) is 12.1 Å². The number of benzene rings is 2. The van der Waals surface area contributed by atoms with Crippen LogP contribution in [-0.2, 0) is 0 Å². The van der Waals surface area contributed by atoms with Crippen molar-refractivity contribution in [1.29, 1.82) is 0 Å². The Labute approximate surface area is 196 Å². The van der Waals surface area contributed by atoms with Crippen LogP contribution >= 0.6 is 0 Å². The first-order valence-electron chi connectivity index (χ1n) is 6.69. The van der Waals surface area contributed by atoms with E-state index in [1.165, 1.54) is 11.1 Å². The topological polar surface area (TPSA) is 0 Å². The third kappa shape index (κ3) is 40.2. The molecule has 0 aliphatic carbocycles. The minimum absolute atomic E-state index is 0. The van der Waals surface area contributed by atoms with Gasteiger partial charge in [-0.15, -0.1) is 0 Å². The van der Waals surface area contributed by atoms with Crippen LogP contribution in [0.1, 0.15) is 1.43 Å². The monoisotopic (exact) mass is 455 g/mol.